The lowest BCUT2D eigenvalue weighted by molar-refractivity contribution is -0.152. The van der Waals surface area contributed by atoms with Crippen LogP contribution in [0.4, 0.5) is 0 Å². The Kier molecular flexibility index (Phi) is 4.99. The number of aliphatic carboxylic acids is 1. The van der Waals surface area contributed by atoms with Gasteiger partial charge in [-0.1, -0.05) is 30.3 Å². The number of benzene rings is 1. The molecular formula is C17H18ClNO5. The predicted octanol–water partition coefficient (Wildman–Crippen LogP) is 2.27. The van der Waals surface area contributed by atoms with E-state index in [2.05, 4.69) is 0 Å². The number of Topliss-reactive ketones (excluding diaryl/α,β-unsaturated/α-hetero) is 1. The van der Waals surface area contributed by atoms with Gasteiger partial charge in [0.25, 0.3) is 5.91 Å². The molecule has 1 atom stereocenters. The number of allylic oxidation sites excluding steroid dienone is 1. The lowest BCUT2D eigenvalue weighted by atomic mass is 9.92. The Morgan fingerprint density at radius 1 is 1.29 bits per heavy atom. The van der Waals surface area contributed by atoms with E-state index in [9.17, 15) is 14.4 Å². The van der Waals surface area contributed by atoms with Gasteiger partial charge in [0.15, 0.2) is 17.9 Å². The molecule has 0 aliphatic carbocycles. The van der Waals surface area contributed by atoms with Gasteiger partial charge in [-0.3, -0.25) is 19.3 Å². The van der Waals surface area contributed by atoms with Crippen molar-refractivity contribution in [3.63, 3.8) is 0 Å². The first-order valence-corrected chi connectivity index (χ1v) is 7.73. The average molecular weight is 352 g/mol. The van der Waals surface area contributed by atoms with Crippen molar-refractivity contribution in [1.29, 1.82) is 0 Å². The molecule has 0 bridgehead atoms. The van der Waals surface area contributed by atoms with E-state index in [1.165, 1.54) is 18.7 Å². The minimum absolute atomic E-state index is 0.150. The minimum Gasteiger partial charge on any atom is -0.480 e. The Bertz CT molecular complexity index is 711. The number of alkyl halides is 1. The third-order valence-electron chi connectivity index (χ3n) is 4.01. The Labute approximate surface area is 144 Å². The summed E-state index contributed by atoms with van der Waals surface area (Å²) in [4.78, 5) is 37.5. The second-order valence-electron chi connectivity index (χ2n) is 5.93. The molecule has 128 valence electrons. The van der Waals surface area contributed by atoms with E-state index in [-0.39, 0.29) is 6.73 Å². The second kappa shape index (κ2) is 6.65. The molecular weight excluding hydrogens is 334 g/mol. The molecule has 1 aliphatic rings. The van der Waals surface area contributed by atoms with Crippen LogP contribution < -0.4 is 0 Å². The van der Waals surface area contributed by atoms with Gasteiger partial charge in [-0.15, -0.1) is 11.6 Å². The summed E-state index contributed by atoms with van der Waals surface area (Å²) in [6.45, 7) is 4.44. The van der Waals surface area contributed by atoms with Crippen LogP contribution in [0.3, 0.4) is 0 Å². The van der Waals surface area contributed by atoms with E-state index in [0.717, 1.165) is 0 Å². The summed E-state index contributed by atoms with van der Waals surface area (Å²) >= 11 is 5.66. The number of amides is 1. The zero-order valence-electron chi connectivity index (χ0n) is 13.6. The quantitative estimate of drug-likeness (QED) is 0.650. The summed E-state index contributed by atoms with van der Waals surface area (Å²) in [6.07, 6.45) is 0. The largest absolute Gasteiger partial charge is 0.480 e. The summed E-state index contributed by atoms with van der Waals surface area (Å²) in [6, 6.07) is 8.93. The summed E-state index contributed by atoms with van der Waals surface area (Å²) in [7, 11) is 0. The highest BCUT2D eigenvalue weighted by Crippen LogP contribution is 2.31. The molecule has 0 fully saturated rings. The molecule has 1 unspecified atom stereocenters. The first-order valence-electron chi connectivity index (χ1n) is 7.30. The average Bonchev–Trinajstić information content (AvgIpc) is 2.54. The van der Waals surface area contributed by atoms with Gasteiger partial charge in [0.05, 0.1) is 5.57 Å². The van der Waals surface area contributed by atoms with E-state index in [1.54, 1.807) is 31.2 Å². The van der Waals surface area contributed by atoms with Crippen LogP contribution in [0.2, 0.25) is 0 Å². The van der Waals surface area contributed by atoms with Crippen molar-refractivity contribution in [3.8, 4) is 0 Å². The molecule has 0 saturated heterocycles. The number of hydrogen-bond donors (Lipinski definition) is 1. The van der Waals surface area contributed by atoms with Crippen molar-refractivity contribution in [2.24, 2.45) is 0 Å². The fourth-order valence-corrected chi connectivity index (χ4v) is 2.75. The van der Waals surface area contributed by atoms with Crippen LogP contribution in [-0.2, 0) is 19.1 Å². The SMILES string of the molecule is CC1=C(c2ccccc2)C(=O)N(C(C)(C)C(=O)C(Cl)C(=O)O)CO1. The highest BCUT2D eigenvalue weighted by atomic mass is 35.5. The zero-order chi connectivity index (χ0) is 18.1. The molecule has 7 heteroatoms. The molecule has 1 heterocycles. The summed E-state index contributed by atoms with van der Waals surface area (Å²) < 4.78 is 5.55. The molecule has 1 aromatic rings. The lowest BCUT2D eigenvalue weighted by Crippen LogP contribution is -2.58. The fourth-order valence-electron chi connectivity index (χ4n) is 2.48. The maximum absolute atomic E-state index is 12.9. The number of rotatable bonds is 5. The standard InChI is InChI=1S/C17H18ClNO5/c1-10-12(11-7-5-4-6-8-11)15(21)19(9-24-10)17(2,3)14(20)13(18)16(22)23/h4-8,13H,9H2,1-3H3,(H,22,23). The van der Waals surface area contributed by atoms with Crippen molar-refractivity contribution in [2.75, 3.05) is 6.73 Å². The maximum Gasteiger partial charge on any atom is 0.329 e. The number of ether oxygens (including phenoxy) is 1. The zero-order valence-corrected chi connectivity index (χ0v) is 14.3. The lowest BCUT2D eigenvalue weighted by Gasteiger charge is -2.40. The van der Waals surface area contributed by atoms with Crippen molar-refractivity contribution in [1.82, 2.24) is 4.90 Å². The monoisotopic (exact) mass is 351 g/mol. The highest BCUT2D eigenvalue weighted by Gasteiger charge is 2.45. The number of ketones is 1. The van der Waals surface area contributed by atoms with Gasteiger partial charge in [0.1, 0.15) is 11.3 Å². The number of carboxylic acids is 1. The topological polar surface area (TPSA) is 83.9 Å². The van der Waals surface area contributed by atoms with Crippen molar-refractivity contribution in [3.05, 3.63) is 41.7 Å². The normalized spacial score (nSPS) is 16.7. The van der Waals surface area contributed by atoms with Gasteiger partial charge in [-0.25, -0.2) is 0 Å². The maximum atomic E-state index is 12.9. The van der Waals surface area contributed by atoms with Gasteiger partial charge in [-0.05, 0) is 26.3 Å². The summed E-state index contributed by atoms with van der Waals surface area (Å²) in [5, 5.41) is 7.22. The Morgan fingerprint density at radius 2 is 1.88 bits per heavy atom. The van der Waals surface area contributed by atoms with Crippen molar-refractivity contribution >= 4 is 34.8 Å². The second-order valence-corrected chi connectivity index (χ2v) is 6.36. The Hall–Kier alpha value is -2.34. The third-order valence-corrected chi connectivity index (χ3v) is 4.39. The number of carbonyl (C=O) groups is 3. The molecule has 1 aromatic carbocycles. The van der Waals surface area contributed by atoms with E-state index >= 15 is 0 Å². The smallest absolute Gasteiger partial charge is 0.329 e. The van der Waals surface area contributed by atoms with E-state index in [4.69, 9.17) is 21.4 Å². The molecule has 0 saturated carbocycles. The fraction of sp³-hybridized carbons (Fsp3) is 0.353. The summed E-state index contributed by atoms with van der Waals surface area (Å²) in [5.41, 5.74) is -0.430. The number of carbonyl (C=O) groups excluding carboxylic acids is 2. The first-order chi connectivity index (χ1) is 11.2. The van der Waals surface area contributed by atoms with E-state index < -0.39 is 28.6 Å². The molecule has 2 rings (SSSR count). The number of halogens is 1. The Balaban J connectivity index is 2.39. The van der Waals surface area contributed by atoms with Crippen LogP contribution in [0.25, 0.3) is 5.57 Å². The van der Waals surface area contributed by atoms with E-state index in [0.29, 0.717) is 16.9 Å². The number of carboxylic acid groups (broad SMARTS) is 1. The molecule has 0 radical (unpaired) electrons. The van der Waals surface area contributed by atoms with Gasteiger partial charge >= 0.3 is 5.97 Å². The Morgan fingerprint density at radius 3 is 2.42 bits per heavy atom. The van der Waals surface area contributed by atoms with Gasteiger partial charge in [-0.2, -0.15) is 0 Å². The van der Waals surface area contributed by atoms with Crippen molar-refractivity contribution in [2.45, 2.75) is 31.7 Å². The summed E-state index contributed by atoms with van der Waals surface area (Å²) in [5.74, 6) is -2.18. The van der Waals surface area contributed by atoms with E-state index in [1.807, 2.05) is 6.07 Å². The van der Waals surface area contributed by atoms with Gasteiger partial charge in [0.2, 0.25) is 0 Å². The van der Waals surface area contributed by atoms with Crippen LogP contribution in [0, 0.1) is 0 Å². The molecule has 6 nitrogen and oxygen atoms in total. The highest BCUT2D eigenvalue weighted by molar-refractivity contribution is 6.42. The van der Waals surface area contributed by atoms with Gasteiger partial charge in [0, 0.05) is 0 Å². The van der Waals surface area contributed by atoms with Crippen molar-refractivity contribution < 1.29 is 24.2 Å². The molecule has 1 N–H and O–H groups in total. The van der Waals surface area contributed by atoms with Crippen LogP contribution in [-0.4, -0.2) is 45.3 Å². The van der Waals surface area contributed by atoms with Gasteiger partial charge < -0.3 is 9.84 Å². The third kappa shape index (κ3) is 3.14. The molecule has 1 amide bonds. The molecule has 1 aliphatic heterocycles. The predicted molar refractivity (Wildman–Crippen MR) is 88.2 cm³/mol. The van der Waals surface area contributed by atoms with Crippen LogP contribution in [0.1, 0.15) is 26.3 Å². The number of nitrogens with zero attached hydrogens (tertiary/aromatic N) is 1. The minimum atomic E-state index is -1.74. The van der Waals surface area contributed by atoms with Crippen LogP contribution in [0.5, 0.6) is 0 Å². The van der Waals surface area contributed by atoms with Crippen LogP contribution in [0.15, 0.2) is 36.1 Å². The number of hydrogen-bond acceptors (Lipinski definition) is 4. The molecule has 24 heavy (non-hydrogen) atoms. The first kappa shape index (κ1) is 18.0. The van der Waals surface area contributed by atoms with Crippen LogP contribution >= 0.6 is 11.6 Å². The molecule has 0 aromatic heterocycles. The molecule has 0 spiro atoms.